The Kier molecular flexibility index (Phi) is 8.95. The number of rotatable bonds is 13. The molecule has 2 heterocycles. The largest absolute Gasteiger partial charge is 0.382 e. The Labute approximate surface area is 286 Å². The van der Waals surface area contributed by atoms with Gasteiger partial charge in [-0.25, -0.2) is 0 Å². The fourth-order valence-corrected chi connectivity index (χ4v) is 7.10. The average Bonchev–Trinajstić information content (AvgIpc) is 3.67. The second-order valence-corrected chi connectivity index (χ2v) is 12.5. The number of aryl methyl sites for hydroxylation is 1. The standard InChI is InChI=1S/C44H40N2O3/c1-47-27-28-49-30-29-48-26-8-9-32-16-25-44-40(31-32)39-12-4-7-15-43(39)46(44)36-23-19-34(20-24-36)33-17-21-35(22-18-33)45-41-13-5-2-10-37(41)38-11-3-6-14-42(38)45/h2-7,10-25,31H,8-9,26-30H2,1H3. The number of nitrogens with zero attached hydrogens (tertiary/aromatic N) is 2. The van der Waals surface area contributed by atoms with Gasteiger partial charge in [0.15, 0.2) is 0 Å². The zero-order chi connectivity index (χ0) is 33.0. The molecule has 0 atom stereocenters. The Morgan fingerprint density at radius 1 is 0.429 bits per heavy atom. The van der Waals surface area contributed by atoms with E-state index in [9.17, 15) is 0 Å². The summed E-state index contributed by atoms with van der Waals surface area (Å²) in [6.07, 6.45) is 1.95. The zero-order valence-electron chi connectivity index (χ0n) is 27.8. The molecular weight excluding hydrogens is 604 g/mol. The van der Waals surface area contributed by atoms with Crippen LogP contribution in [-0.4, -0.2) is 49.3 Å². The van der Waals surface area contributed by atoms with Crippen LogP contribution in [0.2, 0.25) is 0 Å². The molecule has 5 heteroatoms. The summed E-state index contributed by atoms with van der Waals surface area (Å²) < 4.78 is 21.0. The van der Waals surface area contributed by atoms with Crippen LogP contribution in [0.1, 0.15) is 12.0 Å². The molecule has 0 spiro atoms. The molecule has 0 amide bonds. The van der Waals surface area contributed by atoms with Gasteiger partial charge in [0.25, 0.3) is 0 Å². The van der Waals surface area contributed by atoms with Crippen molar-refractivity contribution in [2.45, 2.75) is 12.8 Å². The van der Waals surface area contributed by atoms with Crippen molar-refractivity contribution in [3.63, 3.8) is 0 Å². The van der Waals surface area contributed by atoms with E-state index in [0.717, 1.165) is 25.1 Å². The summed E-state index contributed by atoms with van der Waals surface area (Å²) in [6, 6.07) is 50.8. The molecule has 8 rings (SSSR count). The van der Waals surface area contributed by atoms with E-state index < -0.39 is 0 Å². The first-order valence-electron chi connectivity index (χ1n) is 17.2. The van der Waals surface area contributed by atoms with Crippen LogP contribution in [0.3, 0.4) is 0 Å². The van der Waals surface area contributed by atoms with E-state index in [4.69, 9.17) is 14.2 Å². The molecule has 0 aliphatic rings. The van der Waals surface area contributed by atoms with Crippen LogP contribution >= 0.6 is 0 Å². The summed E-state index contributed by atoms with van der Waals surface area (Å²) in [6.45, 7) is 3.17. The molecule has 244 valence electrons. The fraction of sp³-hybridized carbons (Fsp3) is 0.182. The summed E-state index contributed by atoms with van der Waals surface area (Å²) in [5.41, 5.74) is 10.9. The lowest BCUT2D eigenvalue weighted by atomic mass is 10.0. The highest BCUT2D eigenvalue weighted by Crippen LogP contribution is 2.35. The minimum absolute atomic E-state index is 0.603. The lowest BCUT2D eigenvalue weighted by molar-refractivity contribution is 0.0244. The first kappa shape index (κ1) is 31.1. The number of ether oxygens (including phenoxy) is 3. The first-order valence-corrected chi connectivity index (χ1v) is 17.2. The summed E-state index contributed by atoms with van der Waals surface area (Å²) in [4.78, 5) is 0. The van der Waals surface area contributed by atoms with Crippen LogP contribution in [0.15, 0.2) is 140 Å². The van der Waals surface area contributed by atoms with Gasteiger partial charge in [-0.15, -0.1) is 0 Å². The van der Waals surface area contributed by atoms with Crippen molar-refractivity contribution in [3.05, 3.63) is 145 Å². The summed E-state index contributed by atoms with van der Waals surface area (Å²) >= 11 is 0. The maximum Gasteiger partial charge on any atom is 0.0701 e. The minimum atomic E-state index is 0.603. The molecule has 0 bridgehead atoms. The Balaban J connectivity index is 1.02. The van der Waals surface area contributed by atoms with Crippen molar-refractivity contribution >= 4 is 43.6 Å². The third-order valence-corrected chi connectivity index (χ3v) is 9.46. The van der Waals surface area contributed by atoms with E-state index in [2.05, 4.69) is 149 Å². The molecule has 0 fully saturated rings. The summed E-state index contributed by atoms with van der Waals surface area (Å²) in [7, 11) is 1.68. The predicted octanol–water partition coefficient (Wildman–Crippen LogP) is 10.2. The molecule has 0 unspecified atom stereocenters. The van der Waals surface area contributed by atoms with E-state index >= 15 is 0 Å². The SMILES string of the molecule is COCCOCCOCCCc1ccc2c(c1)c1ccccc1n2-c1ccc(-c2ccc(-n3c4ccccc4c4ccccc43)cc2)cc1. The number of fused-ring (bicyclic) bond motifs is 6. The number of para-hydroxylation sites is 3. The molecule has 0 N–H and O–H groups in total. The first-order chi connectivity index (χ1) is 24.3. The number of hydrogen-bond acceptors (Lipinski definition) is 3. The molecule has 5 nitrogen and oxygen atoms in total. The van der Waals surface area contributed by atoms with E-state index in [-0.39, 0.29) is 0 Å². The van der Waals surface area contributed by atoms with Crippen molar-refractivity contribution in [1.29, 1.82) is 0 Å². The normalized spacial score (nSPS) is 11.8. The third kappa shape index (κ3) is 6.13. The Hall–Kier alpha value is -5.20. The molecule has 2 aromatic heterocycles. The lowest BCUT2D eigenvalue weighted by Gasteiger charge is -2.11. The zero-order valence-corrected chi connectivity index (χ0v) is 27.8. The molecule has 0 aliphatic heterocycles. The van der Waals surface area contributed by atoms with Crippen LogP contribution in [0.5, 0.6) is 0 Å². The quantitative estimate of drug-likeness (QED) is 0.117. The second kappa shape index (κ2) is 14.1. The van der Waals surface area contributed by atoms with Gasteiger partial charge in [0.05, 0.1) is 48.5 Å². The topological polar surface area (TPSA) is 37.6 Å². The van der Waals surface area contributed by atoms with Crippen LogP contribution in [0.25, 0.3) is 66.1 Å². The molecule has 0 radical (unpaired) electrons. The van der Waals surface area contributed by atoms with Crippen molar-refractivity contribution in [2.75, 3.05) is 40.1 Å². The molecule has 6 aromatic carbocycles. The van der Waals surface area contributed by atoms with Gasteiger partial charge in [-0.3, -0.25) is 0 Å². The van der Waals surface area contributed by atoms with E-state index in [1.165, 1.54) is 66.0 Å². The molecular formula is C44H40N2O3. The maximum absolute atomic E-state index is 5.78. The second-order valence-electron chi connectivity index (χ2n) is 12.5. The smallest absolute Gasteiger partial charge is 0.0701 e. The summed E-state index contributed by atoms with van der Waals surface area (Å²) in [5.74, 6) is 0. The van der Waals surface area contributed by atoms with Gasteiger partial charge in [-0.1, -0.05) is 84.9 Å². The molecule has 49 heavy (non-hydrogen) atoms. The highest BCUT2D eigenvalue weighted by Gasteiger charge is 2.14. The van der Waals surface area contributed by atoms with Crippen LogP contribution < -0.4 is 0 Å². The van der Waals surface area contributed by atoms with Gasteiger partial charge in [0, 0.05) is 46.6 Å². The number of aromatic nitrogens is 2. The number of methoxy groups -OCH3 is 1. The molecule has 8 aromatic rings. The average molecular weight is 645 g/mol. The number of hydrogen-bond donors (Lipinski definition) is 0. The van der Waals surface area contributed by atoms with Gasteiger partial charge in [0.1, 0.15) is 0 Å². The van der Waals surface area contributed by atoms with E-state index in [1.54, 1.807) is 7.11 Å². The molecule has 0 aliphatic carbocycles. The van der Waals surface area contributed by atoms with Crippen molar-refractivity contribution in [2.24, 2.45) is 0 Å². The van der Waals surface area contributed by atoms with Gasteiger partial charge >= 0.3 is 0 Å². The molecule has 0 saturated heterocycles. The predicted molar refractivity (Wildman–Crippen MR) is 202 cm³/mol. The van der Waals surface area contributed by atoms with Crippen molar-refractivity contribution in [3.8, 4) is 22.5 Å². The fourth-order valence-electron chi connectivity index (χ4n) is 7.10. The summed E-state index contributed by atoms with van der Waals surface area (Å²) in [5, 5.41) is 5.11. The van der Waals surface area contributed by atoms with Gasteiger partial charge in [0.2, 0.25) is 0 Å². The third-order valence-electron chi connectivity index (χ3n) is 9.46. The Bertz CT molecular complexity index is 2300. The lowest BCUT2D eigenvalue weighted by Crippen LogP contribution is -2.09. The van der Waals surface area contributed by atoms with E-state index in [0.29, 0.717) is 26.4 Å². The van der Waals surface area contributed by atoms with Crippen LogP contribution in [0.4, 0.5) is 0 Å². The van der Waals surface area contributed by atoms with E-state index in [1.807, 2.05) is 0 Å². The van der Waals surface area contributed by atoms with Crippen molar-refractivity contribution in [1.82, 2.24) is 9.13 Å². The van der Waals surface area contributed by atoms with Crippen molar-refractivity contribution < 1.29 is 14.2 Å². The Morgan fingerprint density at radius 3 is 1.41 bits per heavy atom. The highest BCUT2D eigenvalue weighted by molar-refractivity contribution is 6.10. The van der Waals surface area contributed by atoms with Crippen LogP contribution in [-0.2, 0) is 20.6 Å². The van der Waals surface area contributed by atoms with Gasteiger partial charge in [-0.05, 0) is 84.1 Å². The highest BCUT2D eigenvalue weighted by atomic mass is 16.5. The number of benzene rings is 6. The molecule has 0 saturated carbocycles. The monoisotopic (exact) mass is 644 g/mol. The Morgan fingerprint density at radius 2 is 0.878 bits per heavy atom. The maximum atomic E-state index is 5.78. The van der Waals surface area contributed by atoms with Gasteiger partial charge in [-0.2, -0.15) is 0 Å². The minimum Gasteiger partial charge on any atom is -0.382 e. The van der Waals surface area contributed by atoms with Crippen LogP contribution in [0, 0.1) is 0 Å². The van der Waals surface area contributed by atoms with Gasteiger partial charge < -0.3 is 23.3 Å².